The average Bonchev–Trinajstić information content (AvgIpc) is 2.79. The van der Waals surface area contributed by atoms with Gasteiger partial charge in [-0.15, -0.1) is 0 Å². The van der Waals surface area contributed by atoms with E-state index in [4.69, 9.17) is 23.2 Å². The molecule has 0 aliphatic carbocycles. The normalized spacial score (nSPS) is 10.9. The first-order valence-electron chi connectivity index (χ1n) is 6.71. The Morgan fingerprint density at radius 3 is 2.68 bits per heavy atom. The first kappa shape index (κ1) is 14.9. The summed E-state index contributed by atoms with van der Waals surface area (Å²) in [4.78, 5) is 16.8. The molecule has 4 nitrogen and oxygen atoms in total. The molecule has 112 valence electrons. The molecule has 22 heavy (non-hydrogen) atoms. The van der Waals surface area contributed by atoms with E-state index in [-0.39, 0.29) is 5.91 Å². The molecule has 3 rings (SSSR count). The van der Waals surface area contributed by atoms with Crippen molar-refractivity contribution < 1.29 is 4.79 Å². The Hall–Kier alpha value is -2.04. The van der Waals surface area contributed by atoms with E-state index in [1.54, 1.807) is 22.6 Å². The molecule has 0 fully saturated rings. The van der Waals surface area contributed by atoms with Crippen LogP contribution in [0.25, 0.3) is 5.65 Å². The third kappa shape index (κ3) is 2.93. The number of rotatable bonds is 3. The van der Waals surface area contributed by atoms with E-state index < -0.39 is 0 Å². The predicted molar refractivity (Wildman–Crippen MR) is 87.6 cm³/mol. The van der Waals surface area contributed by atoms with Gasteiger partial charge in [0.05, 0.1) is 5.69 Å². The van der Waals surface area contributed by atoms with Gasteiger partial charge in [0.15, 0.2) is 0 Å². The monoisotopic (exact) mass is 333 g/mol. The van der Waals surface area contributed by atoms with E-state index >= 15 is 0 Å². The number of halogens is 2. The molecule has 0 spiro atoms. The van der Waals surface area contributed by atoms with Crippen molar-refractivity contribution in [1.29, 1.82) is 0 Å². The molecule has 0 atom stereocenters. The van der Waals surface area contributed by atoms with E-state index in [0.717, 1.165) is 11.2 Å². The molecule has 0 bridgehead atoms. The number of hydrogen-bond donors (Lipinski definition) is 1. The van der Waals surface area contributed by atoms with Crippen LogP contribution in [-0.4, -0.2) is 15.3 Å². The third-order valence-electron chi connectivity index (χ3n) is 3.29. The topological polar surface area (TPSA) is 46.4 Å². The smallest absolute Gasteiger partial charge is 0.270 e. The highest BCUT2D eigenvalue weighted by Crippen LogP contribution is 2.19. The lowest BCUT2D eigenvalue weighted by molar-refractivity contribution is 0.0944. The minimum atomic E-state index is -0.188. The van der Waals surface area contributed by atoms with Crippen molar-refractivity contribution in [1.82, 2.24) is 14.7 Å². The van der Waals surface area contributed by atoms with Crippen molar-refractivity contribution in [2.75, 3.05) is 0 Å². The number of carbonyl (C=O) groups is 1. The Morgan fingerprint density at radius 2 is 1.95 bits per heavy atom. The zero-order valence-corrected chi connectivity index (χ0v) is 13.3. The highest BCUT2D eigenvalue weighted by molar-refractivity contribution is 6.34. The number of carbonyl (C=O) groups excluding carboxylic acids is 1. The summed E-state index contributed by atoms with van der Waals surface area (Å²) < 4.78 is 1.77. The Kier molecular flexibility index (Phi) is 4.05. The molecule has 2 heterocycles. The Morgan fingerprint density at radius 1 is 1.23 bits per heavy atom. The summed E-state index contributed by atoms with van der Waals surface area (Å²) in [6.07, 6.45) is 1.82. The number of benzene rings is 1. The van der Waals surface area contributed by atoms with Gasteiger partial charge in [0.25, 0.3) is 5.91 Å². The summed E-state index contributed by atoms with van der Waals surface area (Å²) >= 11 is 11.9. The van der Waals surface area contributed by atoms with Crippen LogP contribution in [0.3, 0.4) is 0 Å². The van der Waals surface area contributed by atoms with Crippen molar-refractivity contribution in [3.8, 4) is 0 Å². The zero-order valence-electron chi connectivity index (χ0n) is 11.8. The zero-order chi connectivity index (χ0) is 15.7. The fourth-order valence-corrected chi connectivity index (χ4v) is 2.94. The number of aromatic nitrogens is 2. The second-order valence-corrected chi connectivity index (χ2v) is 5.81. The van der Waals surface area contributed by atoms with Gasteiger partial charge in [-0.2, -0.15) is 0 Å². The van der Waals surface area contributed by atoms with Crippen molar-refractivity contribution in [2.24, 2.45) is 0 Å². The molecule has 1 amide bonds. The van der Waals surface area contributed by atoms with Crippen LogP contribution >= 0.6 is 23.2 Å². The second-order valence-electron chi connectivity index (χ2n) is 4.94. The molecule has 6 heteroatoms. The van der Waals surface area contributed by atoms with E-state index in [1.807, 2.05) is 31.3 Å². The molecule has 3 aromatic rings. The summed E-state index contributed by atoms with van der Waals surface area (Å²) in [6, 6.07) is 10.8. The van der Waals surface area contributed by atoms with E-state index in [0.29, 0.717) is 28.0 Å². The van der Waals surface area contributed by atoms with Crippen molar-refractivity contribution in [3.05, 3.63) is 69.6 Å². The third-order valence-corrected chi connectivity index (χ3v) is 3.73. The van der Waals surface area contributed by atoms with Crippen LogP contribution in [0, 0.1) is 6.92 Å². The maximum Gasteiger partial charge on any atom is 0.270 e. The Balaban J connectivity index is 1.83. The lowest BCUT2D eigenvalue weighted by atomic mass is 10.2. The van der Waals surface area contributed by atoms with Gasteiger partial charge < -0.3 is 5.32 Å². The van der Waals surface area contributed by atoms with Crippen molar-refractivity contribution in [2.45, 2.75) is 13.5 Å². The largest absolute Gasteiger partial charge is 0.347 e. The SMILES string of the molecule is Cc1nc2ccccn2c1C(=O)NCc1cc(Cl)cc(Cl)c1. The molecule has 2 aromatic heterocycles. The first-order valence-corrected chi connectivity index (χ1v) is 7.47. The molecule has 1 N–H and O–H groups in total. The molecule has 1 aromatic carbocycles. The van der Waals surface area contributed by atoms with E-state index in [1.165, 1.54) is 0 Å². The van der Waals surface area contributed by atoms with Crippen molar-refractivity contribution >= 4 is 34.8 Å². The van der Waals surface area contributed by atoms with Crippen LogP contribution in [0.4, 0.5) is 0 Å². The fourth-order valence-electron chi connectivity index (χ4n) is 2.37. The van der Waals surface area contributed by atoms with Crippen LogP contribution < -0.4 is 5.32 Å². The number of nitrogens with one attached hydrogen (secondary N) is 1. The highest BCUT2D eigenvalue weighted by Gasteiger charge is 2.15. The average molecular weight is 334 g/mol. The van der Waals surface area contributed by atoms with Gasteiger partial charge in [-0.05, 0) is 42.8 Å². The maximum absolute atomic E-state index is 12.4. The Bertz CT molecular complexity index is 837. The number of pyridine rings is 1. The van der Waals surface area contributed by atoms with Gasteiger partial charge >= 0.3 is 0 Å². The number of imidazole rings is 1. The number of fused-ring (bicyclic) bond motifs is 1. The van der Waals surface area contributed by atoms with Gasteiger partial charge in [0, 0.05) is 22.8 Å². The minimum Gasteiger partial charge on any atom is -0.347 e. The molecular weight excluding hydrogens is 321 g/mol. The predicted octanol–water partition coefficient (Wildman–Crippen LogP) is 3.88. The van der Waals surface area contributed by atoms with Gasteiger partial charge in [0.2, 0.25) is 0 Å². The number of amides is 1. The lowest BCUT2D eigenvalue weighted by Crippen LogP contribution is -2.25. The van der Waals surface area contributed by atoms with Crippen LogP contribution in [0.2, 0.25) is 10.0 Å². The van der Waals surface area contributed by atoms with E-state index in [2.05, 4.69) is 10.3 Å². The molecule has 0 radical (unpaired) electrons. The molecule has 0 saturated heterocycles. The van der Waals surface area contributed by atoms with Crippen LogP contribution in [0.15, 0.2) is 42.6 Å². The maximum atomic E-state index is 12.4. The lowest BCUT2D eigenvalue weighted by Gasteiger charge is -2.07. The summed E-state index contributed by atoms with van der Waals surface area (Å²) in [5, 5.41) is 3.96. The van der Waals surface area contributed by atoms with Crippen LogP contribution in [0.1, 0.15) is 21.7 Å². The summed E-state index contributed by atoms with van der Waals surface area (Å²) in [6.45, 7) is 2.16. The molecule has 0 saturated carbocycles. The van der Waals surface area contributed by atoms with Crippen LogP contribution in [-0.2, 0) is 6.54 Å². The molecule has 0 aliphatic heterocycles. The van der Waals surface area contributed by atoms with Crippen LogP contribution in [0.5, 0.6) is 0 Å². The second kappa shape index (κ2) is 5.99. The number of aryl methyl sites for hydroxylation is 1. The Labute approximate surface area is 137 Å². The first-order chi connectivity index (χ1) is 10.5. The van der Waals surface area contributed by atoms with E-state index in [9.17, 15) is 4.79 Å². The van der Waals surface area contributed by atoms with Gasteiger partial charge in [0.1, 0.15) is 11.3 Å². The number of nitrogens with zero attached hydrogens (tertiary/aromatic N) is 2. The summed E-state index contributed by atoms with van der Waals surface area (Å²) in [5.41, 5.74) is 2.81. The molecular formula is C16H13Cl2N3O. The highest BCUT2D eigenvalue weighted by atomic mass is 35.5. The molecule has 0 unspecified atom stereocenters. The quantitative estimate of drug-likeness (QED) is 0.790. The minimum absolute atomic E-state index is 0.188. The summed E-state index contributed by atoms with van der Waals surface area (Å²) in [5.74, 6) is -0.188. The van der Waals surface area contributed by atoms with Crippen molar-refractivity contribution in [3.63, 3.8) is 0 Å². The molecule has 0 aliphatic rings. The standard InChI is InChI=1S/C16H13Cl2N3O/c1-10-15(21-5-3-2-4-14(21)20-10)16(22)19-9-11-6-12(17)8-13(18)7-11/h2-8H,9H2,1H3,(H,19,22). The van der Waals surface area contributed by atoms with Gasteiger partial charge in [-0.1, -0.05) is 29.3 Å². The summed E-state index contributed by atoms with van der Waals surface area (Å²) in [7, 11) is 0. The van der Waals surface area contributed by atoms with Gasteiger partial charge in [-0.25, -0.2) is 4.98 Å². The van der Waals surface area contributed by atoms with Gasteiger partial charge in [-0.3, -0.25) is 9.20 Å². The number of hydrogen-bond acceptors (Lipinski definition) is 2. The fraction of sp³-hybridized carbons (Fsp3) is 0.125.